The predicted molar refractivity (Wildman–Crippen MR) is 137 cm³/mol. The van der Waals surface area contributed by atoms with Gasteiger partial charge in [0.15, 0.2) is 16.9 Å². The van der Waals surface area contributed by atoms with Crippen molar-refractivity contribution in [3.8, 4) is 29.7 Å². The quantitative estimate of drug-likeness (QED) is 0.611. The number of ether oxygens (including phenoxy) is 3. The summed E-state index contributed by atoms with van der Waals surface area (Å²) in [4.78, 5) is 14.1. The Morgan fingerprint density at radius 2 is 1.87 bits per heavy atom. The van der Waals surface area contributed by atoms with Crippen LogP contribution in [0.1, 0.15) is 24.0 Å². The molecule has 2 aliphatic rings. The molecule has 1 heterocycles. The summed E-state index contributed by atoms with van der Waals surface area (Å²) in [7, 11) is 1.51. The molecule has 0 radical (unpaired) electrons. The van der Waals surface area contributed by atoms with E-state index < -0.39 is 23.3 Å². The Labute approximate surface area is 221 Å². The highest BCUT2D eigenvalue weighted by atomic mass is 16.6. The molecule has 2 aromatic carbocycles. The van der Waals surface area contributed by atoms with Crippen LogP contribution in [-0.4, -0.2) is 37.8 Å². The number of nitriles is 3. The molecular formula is C29H27N5O4. The number of hydrogen-bond donors (Lipinski definition) is 1. The van der Waals surface area contributed by atoms with E-state index in [2.05, 4.69) is 18.2 Å². The van der Waals surface area contributed by atoms with Crippen LogP contribution in [0.15, 0.2) is 71.5 Å². The van der Waals surface area contributed by atoms with Gasteiger partial charge in [0, 0.05) is 24.9 Å². The van der Waals surface area contributed by atoms with Gasteiger partial charge in [-0.2, -0.15) is 15.8 Å². The van der Waals surface area contributed by atoms with Gasteiger partial charge in [0.05, 0.1) is 37.1 Å². The van der Waals surface area contributed by atoms with Crippen molar-refractivity contribution in [3.05, 3.63) is 82.6 Å². The van der Waals surface area contributed by atoms with Gasteiger partial charge in [-0.25, -0.2) is 4.79 Å². The van der Waals surface area contributed by atoms with Gasteiger partial charge in [-0.1, -0.05) is 42.5 Å². The second kappa shape index (κ2) is 11.0. The molecule has 0 aromatic heterocycles. The lowest BCUT2D eigenvalue weighted by Gasteiger charge is -2.45. The highest BCUT2D eigenvalue weighted by Gasteiger charge is 2.55. The molecule has 0 unspecified atom stereocenters. The number of methoxy groups -OCH3 is 1. The molecule has 9 nitrogen and oxygen atoms in total. The lowest BCUT2D eigenvalue weighted by Crippen LogP contribution is -2.49. The number of carbonyl (C=O) groups excluding carboxylic acids is 1. The lowest BCUT2D eigenvalue weighted by atomic mass is 9.58. The van der Waals surface area contributed by atoms with E-state index in [1.54, 1.807) is 31.2 Å². The highest BCUT2D eigenvalue weighted by Crippen LogP contribution is 2.55. The van der Waals surface area contributed by atoms with E-state index in [-0.39, 0.29) is 31.0 Å². The fourth-order valence-corrected chi connectivity index (χ4v) is 5.15. The molecule has 192 valence electrons. The maximum Gasteiger partial charge on any atom is 0.410 e. The summed E-state index contributed by atoms with van der Waals surface area (Å²) in [6, 6.07) is 21.2. The van der Waals surface area contributed by atoms with Gasteiger partial charge >= 0.3 is 6.09 Å². The molecule has 1 amide bonds. The molecule has 2 aromatic rings. The third kappa shape index (κ3) is 4.49. The van der Waals surface area contributed by atoms with Crippen molar-refractivity contribution in [1.82, 2.24) is 4.90 Å². The third-order valence-electron chi connectivity index (χ3n) is 6.97. The van der Waals surface area contributed by atoms with Gasteiger partial charge in [-0.05, 0) is 35.8 Å². The number of carbonyl (C=O) groups is 1. The number of hydrogen-bond acceptors (Lipinski definition) is 8. The topological polar surface area (TPSA) is 145 Å². The van der Waals surface area contributed by atoms with Gasteiger partial charge in [0.1, 0.15) is 12.7 Å². The molecule has 38 heavy (non-hydrogen) atoms. The van der Waals surface area contributed by atoms with E-state index in [0.29, 0.717) is 29.2 Å². The van der Waals surface area contributed by atoms with Crippen LogP contribution in [0.4, 0.5) is 4.79 Å². The largest absolute Gasteiger partial charge is 0.493 e. The van der Waals surface area contributed by atoms with Gasteiger partial charge in [-0.3, -0.25) is 0 Å². The van der Waals surface area contributed by atoms with Crippen molar-refractivity contribution >= 4 is 6.09 Å². The van der Waals surface area contributed by atoms with Crippen LogP contribution in [0, 0.1) is 45.3 Å². The third-order valence-corrected chi connectivity index (χ3v) is 6.97. The molecule has 0 saturated carbocycles. The molecule has 1 aliphatic carbocycles. The van der Waals surface area contributed by atoms with Crippen molar-refractivity contribution in [2.75, 3.05) is 26.8 Å². The summed E-state index contributed by atoms with van der Waals surface area (Å²) in [5, 5.41) is 30.6. The summed E-state index contributed by atoms with van der Waals surface area (Å²) >= 11 is 0. The molecule has 0 fully saturated rings. The van der Waals surface area contributed by atoms with Crippen LogP contribution in [0.2, 0.25) is 0 Å². The van der Waals surface area contributed by atoms with Crippen molar-refractivity contribution < 1.29 is 19.0 Å². The van der Waals surface area contributed by atoms with E-state index in [0.717, 1.165) is 5.56 Å². The Bertz CT molecular complexity index is 1400. The van der Waals surface area contributed by atoms with Crippen LogP contribution in [-0.2, 0) is 11.3 Å². The van der Waals surface area contributed by atoms with E-state index >= 15 is 0 Å². The number of rotatable bonds is 6. The molecule has 1 aliphatic heterocycles. The van der Waals surface area contributed by atoms with Gasteiger partial charge < -0.3 is 24.8 Å². The summed E-state index contributed by atoms with van der Waals surface area (Å²) in [6.07, 6.45) is 1.24. The molecule has 0 spiro atoms. The number of benzene rings is 2. The molecule has 0 bridgehead atoms. The van der Waals surface area contributed by atoms with Crippen molar-refractivity contribution in [2.45, 2.75) is 19.4 Å². The number of nitrogens with zero attached hydrogens (tertiary/aromatic N) is 4. The van der Waals surface area contributed by atoms with E-state index in [4.69, 9.17) is 19.9 Å². The number of fused-ring (bicyclic) bond motifs is 1. The first-order chi connectivity index (χ1) is 18.4. The van der Waals surface area contributed by atoms with Gasteiger partial charge in [-0.15, -0.1) is 0 Å². The molecule has 2 atom stereocenters. The van der Waals surface area contributed by atoms with Crippen LogP contribution in [0.25, 0.3) is 0 Å². The zero-order valence-corrected chi connectivity index (χ0v) is 21.2. The van der Waals surface area contributed by atoms with Crippen molar-refractivity contribution in [2.24, 2.45) is 17.1 Å². The molecule has 9 heteroatoms. The fraction of sp³-hybridized carbons (Fsp3) is 0.310. The van der Waals surface area contributed by atoms with E-state index in [1.165, 1.54) is 12.0 Å². The average molecular weight is 510 g/mol. The second-order valence-electron chi connectivity index (χ2n) is 8.96. The smallest absolute Gasteiger partial charge is 0.410 e. The maximum absolute atomic E-state index is 12.6. The van der Waals surface area contributed by atoms with Gasteiger partial charge in [0.2, 0.25) is 0 Å². The SMILES string of the molecule is CCOC(=O)N1CC=C2C(C#N)=C(N)C(C#N)(C#N)[C@@H](c3ccc(OCc4ccccc4)c(OC)c3)[C@@H]2C1. The minimum atomic E-state index is -1.85. The summed E-state index contributed by atoms with van der Waals surface area (Å²) in [5.74, 6) is -0.449. The first kappa shape index (κ1) is 26.1. The number of amides is 1. The lowest BCUT2D eigenvalue weighted by molar-refractivity contribution is 0.0999. The fourth-order valence-electron chi connectivity index (χ4n) is 5.15. The van der Waals surface area contributed by atoms with Crippen LogP contribution in [0.3, 0.4) is 0 Å². The Morgan fingerprint density at radius 1 is 1.13 bits per heavy atom. The highest BCUT2D eigenvalue weighted by molar-refractivity contribution is 5.69. The first-order valence-corrected chi connectivity index (χ1v) is 12.1. The standard InChI is InChI=1S/C29H27N5O4/c1-3-37-28(35)34-12-11-21-22(14-30)27(33)29(17-31,18-32)26(23(21)15-34)20-9-10-24(25(13-20)36-2)38-16-19-7-5-4-6-8-19/h4-11,13,23,26H,3,12,15-16,33H2,1-2H3/t23-,26+/m1/s1. The van der Waals surface area contributed by atoms with E-state index in [9.17, 15) is 20.6 Å². The predicted octanol–water partition coefficient (Wildman–Crippen LogP) is 4.16. The number of nitrogens with two attached hydrogens (primary N) is 1. The average Bonchev–Trinajstić information content (AvgIpc) is 2.96. The zero-order valence-electron chi connectivity index (χ0n) is 21.2. The summed E-state index contributed by atoms with van der Waals surface area (Å²) < 4.78 is 16.8. The van der Waals surface area contributed by atoms with Crippen LogP contribution < -0.4 is 15.2 Å². The zero-order chi connectivity index (χ0) is 27.3. The van der Waals surface area contributed by atoms with Gasteiger partial charge in [0.25, 0.3) is 0 Å². The molecule has 0 saturated heterocycles. The molecular weight excluding hydrogens is 482 g/mol. The van der Waals surface area contributed by atoms with Crippen molar-refractivity contribution in [1.29, 1.82) is 15.8 Å². The minimum Gasteiger partial charge on any atom is -0.493 e. The Hall–Kier alpha value is -4.94. The Kier molecular flexibility index (Phi) is 7.55. The van der Waals surface area contributed by atoms with Crippen LogP contribution in [0.5, 0.6) is 11.5 Å². The van der Waals surface area contributed by atoms with Crippen molar-refractivity contribution in [3.63, 3.8) is 0 Å². The first-order valence-electron chi connectivity index (χ1n) is 12.1. The monoisotopic (exact) mass is 509 g/mol. The molecule has 4 rings (SSSR count). The van der Waals surface area contributed by atoms with Crippen LogP contribution >= 0.6 is 0 Å². The second-order valence-corrected chi connectivity index (χ2v) is 8.96. The maximum atomic E-state index is 12.6. The van der Waals surface area contributed by atoms with E-state index in [1.807, 2.05) is 30.3 Å². The summed E-state index contributed by atoms with van der Waals surface area (Å²) in [5.41, 5.74) is 6.75. The normalized spacial score (nSPS) is 19.7. The minimum absolute atomic E-state index is 0.0922. The summed E-state index contributed by atoms with van der Waals surface area (Å²) in [6.45, 7) is 2.61. The Balaban J connectivity index is 1.80. The molecule has 2 N–H and O–H groups in total. The number of allylic oxidation sites excluding steroid dienone is 2. The Morgan fingerprint density at radius 3 is 2.50 bits per heavy atom.